The lowest BCUT2D eigenvalue weighted by Gasteiger charge is -2.21. The van der Waals surface area contributed by atoms with E-state index in [1.807, 2.05) is 42.9 Å². The molecule has 0 radical (unpaired) electrons. The Hall–Kier alpha value is -2.93. The molecule has 0 fully saturated rings. The first-order chi connectivity index (χ1) is 13.1. The quantitative estimate of drug-likeness (QED) is 0.550. The Morgan fingerprint density at radius 2 is 2.00 bits per heavy atom. The lowest BCUT2D eigenvalue weighted by molar-refractivity contribution is 0.607. The van der Waals surface area contributed by atoms with Gasteiger partial charge in [-0.3, -0.25) is 0 Å². The van der Waals surface area contributed by atoms with Crippen molar-refractivity contribution in [2.24, 2.45) is 0 Å². The summed E-state index contributed by atoms with van der Waals surface area (Å²) in [6.07, 6.45) is 7.07. The first-order valence-corrected chi connectivity index (χ1v) is 9.17. The summed E-state index contributed by atoms with van der Waals surface area (Å²) in [5.41, 5.74) is 2.11. The average molecular weight is 382 g/mol. The first kappa shape index (κ1) is 17.5. The Balaban J connectivity index is 1.66. The van der Waals surface area contributed by atoms with E-state index in [0.29, 0.717) is 18.2 Å². The molecule has 27 heavy (non-hydrogen) atoms. The predicted octanol–water partition coefficient (Wildman–Crippen LogP) is 3.80. The van der Waals surface area contributed by atoms with Gasteiger partial charge in [-0.25, -0.2) is 9.97 Å². The predicted molar refractivity (Wildman–Crippen MR) is 105 cm³/mol. The van der Waals surface area contributed by atoms with Gasteiger partial charge in [0.1, 0.15) is 12.1 Å². The van der Waals surface area contributed by atoms with Crippen LogP contribution in [-0.4, -0.2) is 35.7 Å². The van der Waals surface area contributed by atoms with Gasteiger partial charge in [-0.05, 0) is 23.6 Å². The molecule has 3 aromatic heterocycles. The summed E-state index contributed by atoms with van der Waals surface area (Å²) in [6.45, 7) is 4.87. The Morgan fingerprint density at radius 3 is 2.70 bits per heavy atom. The minimum atomic E-state index is 0.0546. The summed E-state index contributed by atoms with van der Waals surface area (Å²) in [5.74, 6) is 1.75. The highest BCUT2D eigenvalue weighted by atomic mass is 35.5. The summed E-state index contributed by atoms with van der Waals surface area (Å²) in [6, 6.07) is 9.95. The maximum absolute atomic E-state index is 6.05. The molecule has 0 saturated heterocycles. The van der Waals surface area contributed by atoms with Crippen LogP contribution in [0.1, 0.15) is 37.1 Å². The molecule has 0 saturated carbocycles. The molecule has 0 aliphatic heterocycles. The van der Waals surface area contributed by atoms with Crippen molar-refractivity contribution in [1.29, 1.82) is 0 Å². The third-order valence-corrected chi connectivity index (χ3v) is 4.73. The van der Waals surface area contributed by atoms with Crippen LogP contribution in [0.15, 0.2) is 55.4 Å². The Morgan fingerprint density at radius 1 is 1.19 bits per heavy atom. The average Bonchev–Trinajstić information content (AvgIpc) is 3.34. The highest BCUT2D eigenvalue weighted by Crippen LogP contribution is 2.23. The van der Waals surface area contributed by atoms with E-state index in [9.17, 15) is 0 Å². The Bertz CT molecular complexity index is 1020. The van der Waals surface area contributed by atoms with E-state index in [1.165, 1.54) is 6.33 Å². The number of aromatic nitrogens is 6. The van der Waals surface area contributed by atoms with Crippen molar-refractivity contribution in [3.63, 3.8) is 0 Å². The number of hydrogen-bond donors (Lipinski definition) is 1. The van der Waals surface area contributed by atoms with Crippen molar-refractivity contribution in [3.8, 4) is 0 Å². The number of fused-ring (bicyclic) bond motifs is 1. The van der Waals surface area contributed by atoms with Crippen molar-refractivity contribution in [1.82, 2.24) is 29.1 Å². The second-order valence-electron chi connectivity index (χ2n) is 6.65. The van der Waals surface area contributed by atoms with Gasteiger partial charge < -0.3 is 9.88 Å². The molecule has 138 valence electrons. The van der Waals surface area contributed by atoms with Gasteiger partial charge in [-0.15, -0.1) is 0 Å². The van der Waals surface area contributed by atoms with E-state index < -0.39 is 0 Å². The fourth-order valence-corrected chi connectivity index (χ4v) is 3.11. The van der Waals surface area contributed by atoms with Crippen molar-refractivity contribution in [2.75, 3.05) is 11.9 Å². The topological polar surface area (TPSA) is 72.9 Å². The van der Waals surface area contributed by atoms with Crippen molar-refractivity contribution < 1.29 is 0 Å². The number of halogens is 1. The largest absolute Gasteiger partial charge is 0.367 e. The first-order valence-electron chi connectivity index (χ1n) is 8.79. The highest BCUT2D eigenvalue weighted by molar-refractivity contribution is 6.30. The molecule has 4 rings (SSSR count). The van der Waals surface area contributed by atoms with Crippen LogP contribution in [0.25, 0.3) is 5.78 Å². The van der Waals surface area contributed by atoms with E-state index in [-0.39, 0.29) is 6.04 Å². The number of anilines is 1. The lowest BCUT2D eigenvalue weighted by Crippen LogP contribution is -2.21. The summed E-state index contributed by atoms with van der Waals surface area (Å²) < 4.78 is 3.79. The van der Waals surface area contributed by atoms with Crippen LogP contribution in [0.4, 0.5) is 5.82 Å². The molecule has 0 spiro atoms. The van der Waals surface area contributed by atoms with Crippen molar-refractivity contribution in [2.45, 2.75) is 25.8 Å². The molecule has 4 aromatic rings. The minimum absolute atomic E-state index is 0.0546. The molecule has 7 nitrogen and oxygen atoms in total. The second-order valence-corrected chi connectivity index (χ2v) is 7.09. The van der Waals surface area contributed by atoms with Gasteiger partial charge in [-0.2, -0.15) is 14.6 Å². The van der Waals surface area contributed by atoms with Crippen LogP contribution in [0.3, 0.4) is 0 Å². The molecular weight excluding hydrogens is 362 g/mol. The smallest absolute Gasteiger partial charge is 0.254 e. The van der Waals surface area contributed by atoms with E-state index >= 15 is 0 Å². The summed E-state index contributed by atoms with van der Waals surface area (Å²) >= 11 is 6.05. The number of nitrogens with zero attached hydrogens (tertiary/aromatic N) is 6. The van der Waals surface area contributed by atoms with Gasteiger partial charge in [0.2, 0.25) is 0 Å². The van der Waals surface area contributed by atoms with Gasteiger partial charge in [0.25, 0.3) is 5.78 Å². The Kier molecular flexibility index (Phi) is 4.77. The zero-order valence-corrected chi connectivity index (χ0v) is 15.9. The highest BCUT2D eigenvalue weighted by Gasteiger charge is 2.16. The molecule has 1 unspecified atom stereocenters. The number of nitrogens with one attached hydrogen (secondary N) is 1. The standard InChI is InChI=1S/C19H20ClN7/c1-13(2)16-9-18(27-19(25-16)23-11-24-27)22-10-17(26-8-7-21-12-26)14-3-5-15(20)6-4-14/h3-9,11-13,17,22H,10H2,1-2H3. The monoisotopic (exact) mass is 381 g/mol. The summed E-state index contributed by atoms with van der Waals surface area (Å²) in [4.78, 5) is 13.0. The fourth-order valence-electron chi connectivity index (χ4n) is 2.99. The van der Waals surface area contributed by atoms with Gasteiger partial charge in [-0.1, -0.05) is 37.6 Å². The molecule has 3 heterocycles. The molecule has 0 bridgehead atoms. The number of benzene rings is 1. The van der Waals surface area contributed by atoms with Gasteiger partial charge in [0, 0.05) is 30.0 Å². The molecule has 1 aromatic carbocycles. The third-order valence-electron chi connectivity index (χ3n) is 4.48. The number of imidazole rings is 1. The zero-order valence-electron chi connectivity index (χ0n) is 15.1. The van der Waals surface area contributed by atoms with Crippen LogP contribution in [0.5, 0.6) is 0 Å². The SMILES string of the molecule is CC(C)c1cc(NCC(c2ccc(Cl)cc2)n2ccnc2)n2ncnc2n1. The van der Waals surface area contributed by atoms with Crippen LogP contribution in [-0.2, 0) is 0 Å². The maximum Gasteiger partial charge on any atom is 0.254 e. The van der Waals surface area contributed by atoms with Gasteiger partial charge in [0.05, 0.1) is 18.1 Å². The van der Waals surface area contributed by atoms with E-state index in [0.717, 1.165) is 22.1 Å². The normalized spacial score (nSPS) is 12.6. The van der Waals surface area contributed by atoms with E-state index in [2.05, 4.69) is 43.8 Å². The van der Waals surface area contributed by atoms with Gasteiger partial charge in [0.15, 0.2) is 0 Å². The second kappa shape index (κ2) is 7.36. The van der Waals surface area contributed by atoms with Crippen LogP contribution < -0.4 is 5.32 Å². The molecule has 1 N–H and O–H groups in total. The zero-order chi connectivity index (χ0) is 18.8. The van der Waals surface area contributed by atoms with Crippen LogP contribution in [0, 0.1) is 0 Å². The minimum Gasteiger partial charge on any atom is -0.367 e. The molecule has 0 amide bonds. The Labute approximate surface area is 162 Å². The molecule has 8 heteroatoms. The summed E-state index contributed by atoms with van der Waals surface area (Å²) in [5, 5.41) is 8.52. The molecule has 0 aliphatic rings. The molecule has 1 atom stereocenters. The lowest BCUT2D eigenvalue weighted by atomic mass is 10.1. The fraction of sp³-hybridized carbons (Fsp3) is 0.263. The van der Waals surface area contributed by atoms with Crippen molar-refractivity contribution >= 4 is 23.2 Å². The summed E-state index contributed by atoms with van der Waals surface area (Å²) in [7, 11) is 0. The van der Waals surface area contributed by atoms with E-state index in [1.54, 1.807) is 10.7 Å². The van der Waals surface area contributed by atoms with Crippen molar-refractivity contribution in [3.05, 3.63) is 71.7 Å². The van der Waals surface area contributed by atoms with Crippen LogP contribution >= 0.6 is 11.6 Å². The van der Waals surface area contributed by atoms with E-state index in [4.69, 9.17) is 11.6 Å². The molecular formula is C19H20ClN7. The van der Waals surface area contributed by atoms with Gasteiger partial charge >= 0.3 is 0 Å². The van der Waals surface area contributed by atoms with Crippen LogP contribution in [0.2, 0.25) is 5.02 Å². The molecule has 0 aliphatic carbocycles. The third kappa shape index (κ3) is 3.64. The number of rotatable bonds is 6. The maximum atomic E-state index is 6.05. The number of hydrogen-bond acceptors (Lipinski definition) is 5.